The molecule has 19 heavy (non-hydrogen) atoms. The Balaban J connectivity index is 2.08. The predicted molar refractivity (Wildman–Crippen MR) is 71.1 cm³/mol. The zero-order valence-corrected chi connectivity index (χ0v) is 11.0. The monoisotopic (exact) mass is 301 g/mol. The Morgan fingerprint density at radius 1 is 1.26 bits per heavy atom. The summed E-state index contributed by atoms with van der Waals surface area (Å²) in [5, 5.41) is 21.3. The van der Waals surface area contributed by atoms with Crippen molar-refractivity contribution < 1.29 is 19.4 Å². The summed E-state index contributed by atoms with van der Waals surface area (Å²) in [6.45, 7) is 0.269. The minimum Gasteiger partial charge on any atom is -0.505 e. The average Bonchev–Trinajstić information content (AvgIpc) is 2.82. The summed E-state index contributed by atoms with van der Waals surface area (Å²) in [4.78, 5) is 10.6. The van der Waals surface area contributed by atoms with E-state index in [9.17, 15) is 9.90 Å². The van der Waals surface area contributed by atoms with Gasteiger partial charge >= 0.3 is 5.97 Å². The Kier molecular flexibility index (Phi) is 3.87. The molecule has 7 heteroatoms. The Morgan fingerprint density at radius 3 is 2.42 bits per heavy atom. The molecule has 0 amide bonds. The van der Waals surface area contributed by atoms with Crippen molar-refractivity contribution in [2.45, 2.75) is 6.54 Å². The fourth-order valence-corrected chi connectivity index (χ4v) is 1.93. The fraction of sp³-hybridized carbons (Fsp3) is 0.0833. The molecule has 100 valence electrons. The first-order chi connectivity index (χ1) is 8.97. The minimum atomic E-state index is -1.12. The van der Waals surface area contributed by atoms with Crippen LogP contribution in [0.5, 0.6) is 5.75 Å². The highest BCUT2D eigenvalue weighted by Crippen LogP contribution is 2.34. The molecule has 0 radical (unpaired) electrons. The Labute approximate surface area is 118 Å². The van der Waals surface area contributed by atoms with Crippen LogP contribution in [-0.4, -0.2) is 16.2 Å². The van der Waals surface area contributed by atoms with Gasteiger partial charge in [-0.05, 0) is 24.3 Å². The lowest BCUT2D eigenvalue weighted by Crippen LogP contribution is -1.98. The van der Waals surface area contributed by atoms with Crippen molar-refractivity contribution in [1.82, 2.24) is 0 Å². The topological polar surface area (TPSA) is 82.7 Å². The Hall–Kier alpha value is -1.85. The Bertz CT molecular complexity index is 601. The van der Waals surface area contributed by atoms with Gasteiger partial charge in [0.15, 0.2) is 5.75 Å². The summed E-state index contributed by atoms with van der Waals surface area (Å²) in [5.41, 5.74) is 0.584. The number of benzene rings is 1. The number of anilines is 1. The van der Waals surface area contributed by atoms with Gasteiger partial charge < -0.3 is 19.9 Å². The van der Waals surface area contributed by atoms with E-state index in [1.807, 2.05) is 0 Å². The van der Waals surface area contributed by atoms with E-state index < -0.39 is 5.97 Å². The third-order valence-electron chi connectivity index (χ3n) is 2.36. The van der Waals surface area contributed by atoms with E-state index in [4.69, 9.17) is 32.7 Å². The minimum absolute atomic E-state index is 0.126. The molecule has 0 aliphatic heterocycles. The summed E-state index contributed by atoms with van der Waals surface area (Å²) in [6.07, 6.45) is 0. The highest BCUT2D eigenvalue weighted by atomic mass is 35.5. The van der Waals surface area contributed by atoms with E-state index in [-0.39, 0.29) is 28.1 Å². The number of aromatic carboxylic acids is 1. The second kappa shape index (κ2) is 5.42. The van der Waals surface area contributed by atoms with Gasteiger partial charge in [0, 0.05) is 5.69 Å². The molecule has 1 heterocycles. The lowest BCUT2D eigenvalue weighted by molar-refractivity contribution is 0.0660. The molecular weight excluding hydrogens is 293 g/mol. The van der Waals surface area contributed by atoms with E-state index in [1.165, 1.54) is 18.2 Å². The van der Waals surface area contributed by atoms with Crippen LogP contribution in [0.1, 0.15) is 16.3 Å². The third-order valence-corrected chi connectivity index (χ3v) is 2.93. The summed E-state index contributed by atoms with van der Waals surface area (Å²) >= 11 is 11.5. The molecule has 0 atom stereocenters. The number of halogens is 2. The number of furan rings is 1. The van der Waals surface area contributed by atoms with Gasteiger partial charge in [-0.25, -0.2) is 4.79 Å². The molecule has 3 N–H and O–H groups in total. The first kappa shape index (κ1) is 13.6. The number of hydrogen-bond donors (Lipinski definition) is 3. The van der Waals surface area contributed by atoms with Crippen molar-refractivity contribution in [2.75, 3.05) is 5.32 Å². The number of carboxylic acid groups (broad SMARTS) is 1. The van der Waals surface area contributed by atoms with Crippen molar-refractivity contribution >= 4 is 34.9 Å². The lowest BCUT2D eigenvalue weighted by atomic mass is 10.3. The number of phenols is 1. The molecule has 2 rings (SSSR count). The zero-order valence-electron chi connectivity index (χ0n) is 9.48. The Morgan fingerprint density at radius 2 is 1.89 bits per heavy atom. The van der Waals surface area contributed by atoms with Gasteiger partial charge in [0.1, 0.15) is 5.76 Å². The van der Waals surface area contributed by atoms with Crippen LogP contribution in [0.2, 0.25) is 10.0 Å². The normalized spacial score (nSPS) is 10.4. The van der Waals surface area contributed by atoms with E-state index in [0.29, 0.717) is 11.4 Å². The molecule has 5 nitrogen and oxygen atoms in total. The lowest BCUT2D eigenvalue weighted by Gasteiger charge is -2.07. The van der Waals surface area contributed by atoms with Crippen molar-refractivity contribution in [1.29, 1.82) is 0 Å². The molecule has 0 saturated heterocycles. The number of carboxylic acids is 1. The molecule has 0 fully saturated rings. The van der Waals surface area contributed by atoms with Gasteiger partial charge in [-0.2, -0.15) is 0 Å². The number of hydrogen-bond acceptors (Lipinski definition) is 4. The molecule has 0 aliphatic carbocycles. The van der Waals surface area contributed by atoms with Crippen LogP contribution in [-0.2, 0) is 6.54 Å². The molecule has 2 aromatic rings. The smallest absolute Gasteiger partial charge is 0.371 e. The van der Waals surface area contributed by atoms with E-state index >= 15 is 0 Å². The molecule has 0 bridgehead atoms. The van der Waals surface area contributed by atoms with Gasteiger partial charge in [0.2, 0.25) is 5.76 Å². The van der Waals surface area contributed by atoms with Crippen LogP contribution < -0.4 is 5.32 Å². The highest BCUT2D eigenvalue weighted by molar-refractivity contribution is 6.37. The second-order valence-electron chi connectivity index (χ2n) is 3.71. The number of aromatic hydroxyl groups is 1. The number of carbonyl (C=O) groups is 1. The molecule has 1 aromatic heterocycles. The summed E-state index contributed by atoms with van der Waals surface area (Å²) in [7, 11) is 0. The van der Waals surface area contributed by atoms with E-state index in [1.54, 1.807) is 6.07 Å². The van der Waals surface area contributed by atoms with Crippen molar-refractivity contribution in [2.24, 2.45) is 0 Å². The van der Waals surface area contributed by atoms with Crippen LogP contribution in [0.25, 0.3) is 0 Å². The predicted octanol–water partition coefficient (Wildman–Crippen LogP) is 3.60. The first-order valence-electron chi connectivity index (χ1n) is 5.21. The molecule has 0 aliphatic rings. The van der Waals surface area contributed by atoms with Crippen molar-refractivity contribution in [3.63, 3.8) is 0 Å². The second-order valence-corrected chi connectivity index (χ2v) is 4.53. The molecular formula is C12H9Cl2NO4. The van der Waals surface area contributed by atoms with Crippen molar-refractivity contribution in [3.05, 3.63) is 45.8 Å². The maximum atomic E-state index is 10.6. The maximum absolute atomic E-state index is 10.6. The summed E-state index contributed by atoms with van der Waals surface area (Å²) in [6, 6.07) is 5.93. The molecule has 1 aromatic carbocycles. The summed E-state index contributed by atoms with van der Waals surface area (Å²) < 4.78 is 5.07. The van der Waals surface area contributed by atoms with Crippen LogP contribution in [0.15, 0.2) is 28.7 Å². The first-order valence-corrected chi connectivity index (χ1v) is 5.97. The third kappa shape index (κ3) is 3.13. The van der Waals surface area contributed by atoms with Crippen molar-refractivity contribution in [3.8, 4) is 5.75 Å². The van der Waals surface area contributed by atoms with Gasteiger partial charge in [0.25, 0.3) is 0 Å². The quantitative estimate of drug-likeness (QED) is 0.752. The number of phenolic OH excluding ortho intramolecular Hbond substituents is 1. The van der Waals surface area contributed by atoms with Gasteiger partial charge in [-0.1, -0.05) is 23.2 Å². The van der Waals surface area contributed by atoms with Gasteiger partial charge in [0.05, 0.1) is 16.6 Å². The van der Waals surface area contributed by atoms with Gasteiger partial charge in [-0.15, -0.1) is 0 Å². The van der Waals surface area contributed by atoms with Gasteiger partial charge in [-0.3, -0.25) is 0 Å². The molecule has 0 spiro atoms. The average molecular weight is 302 g/mol. The van der Waals surface area contributed by atoms with E-state index in [0.717, 1.165) is 0 Å². The number of rotatable bonds is 4. The molecule has 0 unspecified atom stereocenters. The summed E-state index contributed by atoms with van der Waals surface area (Å²) in [5.74, 6) is -0.974. The number of nitrogens with one attached hydrogen (secondary N) is 1. The highest BCUT2D eigenvalue weighted by Gasteiger charge is 2.10. The van der Waals surface area contributed by atoms with Crippen LogP contribution in [0, 0.1) is 0 Å². The maximum Gasteiger partial charge on any atom is 0.371 e. The van der Waals surface area contributed by atoms with Crippen LogP contribution in [0.4, 0.5) is 5.69 Å². The van der Waals surface area contributed by atoms with Crippen LogP contribution in [0.3, 0.4) is 0 Å². The van der Waals surface area contributed by atoms with Crippen LogP contribution >= 0.6 is 23.2 Å². The standard InChI is InChI=1S/C12H9Cl2NO4/c13-8-3-6(4-9(14)11(8)16)15-5-7-1-2-10(19-7)12(17)18/h1-4,15-16H,5H2,(H,17,18). The van der Waals surface area contributed by atoms with E-state index in [2.05, 4.69) is 5.32 Å². The largest absolute Gasteiger partial charge is 0.505 e. The molecule has 0 saturated carbocycles. The fourth-order valence-electron chi connectivity index (χ4n) is 1.44. The zero-order chi connectivity index (χ0) is 14.0. The SMILES string of the molecule is O=C(O)c1ccc(CNc2cc(Cl)c(O)c(Cl)c2)o1.